The summed E-state index contributed by atoms with van der Waals surface area (Å²) in [6, 6.07) is 5.46. The van der Waals surface area contributed by atoms with Gasteiger partial charge in [0.15, 0.2) is 0 Å². The van der Waals surface area contributed by atoms with Crippen LogP contribution in [0.4, 0.5) is 11.4 Å². The van der Waals surface area contributed by atoms with E-state index >= 15 is 0 Å². The fourth-order valence-corrected chi connectivity index (χ4v) is 1.23. The van der Waals surface area contributed by atoms with Crippen LogP contribution in [0.25, 0.3) is 0 Å². The third-order valence-electron chi connectivity index (χ3n) is 2.11. The van der Waals surface area contributed by atoms with Gasteiger partial charge >= 0.3 is 0 Å². The molecular formula is C10H15N3O2. The van der Waals surface area contributed by atoms with E-state index in [0.717, 1.165) is 11.3 Å². The number of nitrogens with two attached hydrogens (primary N) is 2. The molecule has 0 fully saturated rings. The minimum atomic E-state index is -1.20. The highest BCUT2D eigenvalue weighted by Crippen LogP contribution is 2.22. The number of para-hydroxylation sites is 1. The molecule has 0 saturated carbocycles. The number of nitrogen functional groups attached to an aromatic ring is 1. The molecule has 1 aromatic carbocycles. The first-order valence-electron chi connectivity index (χ1n) is 4.58. The summed E-state index contributed by atoms with van der Waals surface area (Å²) in [7, 11) is 0. The van der Waals surface area contributed by atoms with Crippen molar-refractivity contribution in [3.63, 3.8) is 0 Å². The van der Waals surface area contributed by atoms with E-state index in [0.29, 0.717) is 5.69 Å². The summed E-state index contributed by atoms with van der Waals surface area (Å²) in [5.41, 5.74) is 12.9. The molecule has 5 nitrogen and oxygen atoms in total. The normalized spacial score (nSPS) is 12.1. The van der Waals surface area contributed by atoms with E-state index in [1.165, 1.54) is 0 Å². The minimum absolute atomic E-state index is 0.0599. The van der Waals surface area contributed by atoms with Gasteiger partial charge in [-0.1, -0.05) is 12.1 Å². The number of benzene rings is 1. The molecule has 0 aliphatic rings. The van der Waals surface area contributed by atoms with Gasteiger partial charge in [0, 0.05) is 6.54 Å². The Morgan fingerprint density at radius 1 is 1.60 bits per heavy atom. The molecule has 0 spiro atoms. The Kier molecular flexibility index (Phi) is 3.51. The van der Waals surface area contributed by atoms with Crippen molar-refractivity contribution >= 4 is 17.3 Å². The third-order valence-corrected chi connectivity index (χ3v) is 2.11. The number of aliphatic hydroxyl groups excluding tert-OH is 1. The molecule has 1 amide bonds. The quantitative estimate of drug-likeness (QED) is 0.517. The molecule has 5 heteroatoms. The van der Waals surface area contributed by atoms with Gasteiger partial charge < -0.3 is 21.9 Å². The highest BCUT2D eigenvalue weighted by Gasteiger charge is 2.11. The Bertz CT molecular complexity index is 345. The SMILES string of the molecule is Cc1cccc(N)c1NCC(O)C(N)=O. The second-order valence-electron chi connectivity index (χ2n) is 3.34. The molecule has 0 aliphatic carbocycles. The number of aliphatic hydroxyl groups is 1. The summed E-state index contributed by atoms with van der Waals surface area (Å²) in [4.78, 5) is 10.6. The van der Waals surface area contributed by atoms with E-state index in [1.807, 2.05) is 19.1 Å². The van der Waals surface area contributed by atoms with Crippen LogP contribution in [0.15, 0.2) is 18.2 Å². The predicted octanol–water partition coefficient (Wildman–Crippen LogP) is -0.165. The maximum absolute atomic E-state index is 10.6. The van der Waals surface area contributed by atoms with Crippen molar-refractivity contribution < 1.29 is 9.90 Å². The van der Waals surface area contributed by atoms with Gasteiger partial charge in [-0.25, -0.2) is 0 Å². The van der Waals surface area contributed by atoms with Gasteiger partial charge in [-0.2, -0.15) is 0 Å². The molecule has 0 aliphatic heterocycles. The number of aryl methyl sites for hydroxylation is 1. The number of anilines is 2. The summed E-state index contributed by atoms with van der Waals surface area (Å²) >= 11 is 0. The lowest BCUT2D eigenvalue weighted by Gasteiger charge is -2.13. The predicted molar refractivity (Wildman–Crippen MR) is 59.3 cm³/mol. The van der Waals surface area contributed by atoms with Crippen LogP contribution in [0.3, 0.4) is 0 Å². The molecule has 1 rings (SSSR count). The first kappa shape index (κ1) is 11.3. The summed E-state index contributed by atoms with van der Waals surface area (Å²) < 4.78 is 0. The first-order chi connectivity index (χ1) is 7.02. The number of nitrogens with one attached hydrogen (secondary N) is 1. The van der Waals surface area contributed by atoms with Crippen molar-refractivity contribution in [2.75, 3.05) is 17.6 Å². The summed E-state index contributed by atoms with van der Waals surface area (Å²) in [5.74, 6) is -0.755. The van der Waals surface area contributed by atoms with E-state index in [9.17, 15) is 9.90 Å². The smallest absolute Gasteiger partial charge is 0.248 e. The highest BCUT2D eigenvalue weighted by atomic mass is 16.3. The van der Waals surface area contributed by atoms with Gasteiger partial charge in [0.05, 0.1) is 11.4 Å². The van der Waals surface area contributed by atoms with Crippen LogP contribution >= 0.6 is 0 Å². The van der Waals surface area contributed by atoms with Gasteiger partial charge in [-0.3, -0.25) is 4.79 Å². The molecule has 1 unspecified atom stereocenters. The van der Waals surface area contributed by atoms with Crippen LogP contribution in [-0.4, -0.2) is 23.7 Å². The molecule has 1 aromatic rings. The van der Waals surface area contributed by atoms with Crippen molar-refractivity contribution in [1.82, 2.24) is 0 Å². The van der Waals surface area contributed by atoms with E-state index in [-0.39, 0.29) is 6.54 Å². The average Bonchev–Trinajstić information content (AvgIpc) is 2.16. The van der Waals surface area contributed by atoms with Crippen molar-refractivity contribution in [1.29, 1.82) is 0 Å². The number of hydrogen-bond acceptors (Lipinski definition) is 4. The zero-order valence-corrected chi connectivity index (χ0v) is 8.53. The second-order valence-corrected chi connectivity index (χ2v) is 3.34. The fourth-order valence-electron chi connectivity index (χ4n) is 1.23. The fraction of sp³-hybridized carbons (Fsp3) is 0.300. The van der Waals surface area contributed by atoms with Crippen molar-refractivity contribution in [2.24, 2.45) is 5.73 Å². The Morgan fingerprint density at radius 2 is 2.27 bits per heavy atom. The number of rotatable bonds is 4. The molecule has 0 aromatic heterocycles. The maximum atomic E-state index is 10.6. The number of hydrogen-bond donors (Lipinski definition) is 4. The van der Waals surface area contributed by atoms with E-state index in [4.69, 9.17) is 11.5 Å². The van der Waals surface area contributed by atoms with Gasteiger partial charge in [0.1, 0.15) is 6.10 Å². The third kappa shape index (κ3) is 2.85. The van der Waals surface area contributed by atoms with Gasteiger partial charge in [-0.05, 0) is 18.6 Å². The molecule has 1 atom stereocenters. The van der Waals surface area contributed by atoms with E-state index in [2.05, 4.69) is 5.32 Å². The maximum Gasteiger partial charge on any atom is 0.248 e. The molecule has 0 heterocycles. The minimum Gasteiger partial charge on any atom is -0.397 e. The second kappa shape index (κ2) is 4.65. The molecule has 15 heavy (non-hydrogen) atoms. The summed E-state index contributed by atoms with van der Waals surface area (Å²) in [6.45, 7) is 1.94. The number of carbonyl (C=O) groups excluding carboxylic acids is 1. The van der Waals surface area contributed by atoms with Crippen molar-refractivity contribution in [2.45, 2.75) is 13.0 Å². The van der Waals surface area contributed by atoms with Crippen LogP contribution in [0.1, 0.15) is 5.56 Å². The summed E-state index contributed by atoms with van der Waals surface area (Å²) in [5, 5.41) is 12.1. The van der Waals surface area contributed by atoms with Gasteiger partial charge in [-0.15, -0.1) is 0 Å². The zero-order valence-electron chi connectivity index (χ0n) is 8.53. The topological polar surface area (TPSA) is 101 Å². The average molecular weight is 209 g/mol. The van der Waals surface area contributed by atoms with Crippen LogP contribution in [0.5, 0.6) is 0 Å². The van der Waals surface area contributed by atoms with Crippen molar-refractivity contribution in [3.8, 4) is 0 Å². The molecule has 0 radical (unpaired) electrons. The van der Waals surface area contributed by atoms with E-state index < -0.39 is 12.0 Å². The van der Waals surface area contributed by atoms with Crippen LogP contribution in [-0.2, 0) is 4.79 Å². The summed E-state index contributed by atoms with van der Waals surface area (Å²) in [6.07, 6.45) is -1.20. The lowest BCUT2D eigenvalue weighted by atomic mass is 10.1. The lowest BCUT2D eigenvalue weighted by molar-refractivity contribution is -0.125. The van der Waals surface area contributed by atoms with Crippen molar-refractivity contribution in [3.05, 3.63) is 23.8 Å². The van der Waals surface area contributed by atoms with Crippen LogP contribution in [0, 0.1) is 6.92 Å². The Morgan fingerprint density at radius 3 is 2.80 bits per heavy atom. The molecular weight excluding hydrogens is 194 g/mol. The monoisotopic (exact) mass is 209 g/mol. The van der Waals surface area contributed by atoms with Crippen LogP contribution < -0.4 is 16.8 Å². The van der Waals surface area contributed by atoms with Gasteiger partial charge in [0.25, 0.3) is 0 Å². The Balaban J connectivity index is 2.69. The van der Waals surface area contributed by atoms with Crippen LogP contribution in [0.2, 0.25) is 0 Å². The Labute approximate surface area is 88.1 Å². The van der Waals surface area contributed by atoms with Gasteiger partial charge in [0.2, 0.25) is 5.91 Å². The largest absolute Gasteiger partial charge is 0.397 e. The number of amides is 1. The molecule has 82 valence electrons. The lowest BCUT2D eigenvalue weighted by Crippen LogP contribution is -2.34. The number of primary amides is 1. The molecule has 0 saturated heterocycles. The molecule has 6 N–H and O–H groups in total. The number of carbonyl (C=O) groups is 1. The standard InChI is InChI=1S/C10H15N3O2/c1-6-3-2-4-7(11)9(6)13-5-8(14)10(12)15/h2-4,8,13-14H,5,11H2,1H3,(H2,12,15). The Hall–Kier alpha value is -1.75. The first-order valence-corrected chi connectivity index (χ1v) is 4.58. The highest BCUT2D eigenvalue weighted by molar-refractivity contribution is 5.79. The molecule has 0 bridgehead atoms. The zero-order chi connectivity index (χ0) is 11.4. The van der Waals surface area contributed by atoms with E-state index in [1.54, 1.807) is 6.07 Å².